The van der Waals surface area contributed by atoms with Gasteiger partial charge in [-0.25, -0.2) is 0 Å². The second kappa shape index (κ2) is 7.75. The number of nitrogens with two attached hydrogens (primary N) is 1. The number of anilines is 1. The van der Waals surface area contributed by atoms with E-state index in [0.29, 0.717) is 34.5 Å². The normalized spacial score (nSPS) is 25.2. The van der Waals surface area contributed by atoms with Crippen molar-refractivity contribution in [3.8, 4) is 0 Å². The fourth-order valence-corrected chi connectivity index (χ4v) is 4.55. The smallest absolute Gasteiger partial charge is 0.270 e. The number of rotatable bonds is 5. The predicted octanol–water partition coefficient (Wildman–Crippen LogP) is 1.87. The molecule has 2 heterocycles. The number of hydrogen-bond acceptors (Lipinski definition) is 5. The Hall–Kier alpha value is -2.67. The molecule has 150 valence electrons. The minimum Gasteiger partial charge on any atom is -0.596 e. The van der Waals surface area contributed by atoms with Crippen molar-refractivity contribution >= 4 is 28.6 Å². The Labute approximate surface area is 165 Å². The van der Waals surface area contributed by atoms with Crippen LogP contribution in [-0.2, 0) is 4.79 Å². The van der Waals surface area contributed by atoms with Crippen LogP contribution < -0.4 is 11.1 Å². The average molecular weight is 385 g/mol. The van der Waals surface area contributed by atoms with Crippen molar-refractivity contribution in [1.29, 1.82) is 10.8 Å². The zero-order valence-corrected chi connectivity index (χ0v) is 16.7. The van der Waals surface area contributed by atoms with Crippen LogP contribution in [0.15, 0.2) is 24.0 Å². The van der Waals surface area contributed by atoms with Gasteiger partial charge in [-0.3, -0.25) is 10.2 Å². The Morgan fingerprint density at radius 3 is 2.36 bits per heavy atom. The molecule has 2 saturated heterocycles. The molecule has 2 bridgehead atoms. The Bertz CT molecular complexity index is 842. The van der Waals surface area contributed by atoms with Crippen LogP contribution in [0.4, 0.5) is 5.69 Å². The number of nitrogen functional groups attached to an aromatic ring is 1. The van der Waals surface area contributed by atoms with E-state index in [0.717, 1.165) is 12.8 Å². The molecule has 0 aromatic heterocycles. The molecule has 2 unspecified atom stereocenters. The van der Waals surface area contributed by atoms with E-state index in [4.69, 9.17) is 21.7 Å². The summed E-state index contributed by atoms with van der Waals surface area (Å²) in [7, 11) is 2.15. The lowest BCUT2D eigenvalue weighted by atomic mass is 9.95. The molecule has 2 aliphatic heterocycles. The Kier molecular flexibility index (Phi) is 5.56. The summed E-state index contributed by atoms with van der Waals surface area (Å²) in [5.41, 5.74) is 7.93. The first kappa shape index (κ1) is 20.1. The van der Waals surface area contributed by atoms with Gasteiger partial charge in [0, 0.05) is 42.0 Å². The zero-order chi connectivity index (χ0) is 20.6. The third-order valence-corrected chi connectivity index (χ3v) is 6.02. The third-order valence-electron chi connectivity index (χ3n) is 6.02. The van der Waals surface area contributed by atoms with E-state index in [1.165, 1.54) is 12.8 Å². The van der Waals surface area contributed by atoms with Gasteiger partial charge in [0.1, 0.15) is 5.71 Å². The maximum atomic E-state index is 12.7. The van der Waals surface area contributed by atoms with Crippen LogP contribution in [-0.4, -0.2) is 52.5 Å². The monoisotopic (exact) mass is 384 g/mol. The summed E-state index contributed by atoms with van der Waals surface area (Å²) >= 11 is 0. The van der Waals surface area contributed by atoms with Crippen LogP contribution >= 0.6 is 0 Å². The number of carbonyl (C=O) groups is 1. The molecule has 0 aliphatic carbocycles. The first-order chi connectivity index (χ1) is 13.2. The van der Waals surface area contributed by atoms with E-state index in [9.17, 15) is 4.79 Å². The number of amides is 1. The second-order valence-electron chi connectivity index (χ2n) is 7.99. The summed E-state index contributed by atoms with van der Waals surface area (Å²) in [6.07, 6.45) is 4.17. The van der Waals surface area contributed by atoms with Crippen LogP contribution in [0.2, 0.25) is 0 Å². The molecule has 7 N–H and O–H groups in total. The van der Waals surface area contributed by atoms with Gasteiger partial charge in [-0.1, -0.05) is 6.07 Å². The topological polar surface area (TPSA) is 129 Å². The predicted molar refractivity (Wildman–Crippen MR) is 113 cm³/mol. The van der Waals surface area contributed by atoms with Crippen LogP contribution in [0.3, 0.4) is 0 Å². The average Bonchev–Trinajstić information content (AvgIpc) is 2.83. The van der Waals surface area contributed by atoms with Crippen molar-refractivity contribution < 1.29 is 9.90 Å². The fraction of sp³-hybridized carbons (Fsp3) is 0.476. The van der Waals surface area contributed by atoms with Crippen molar-refractivity contribution in [2.45, 2.75) is 57.7 Å². The number of fused-ring (bicyclic) bond motifs is 2. The molecule has 0 saturated carbocycles. The Balaban J connectivity index is 1.78. The number of nitrogens with one attached hydrogen (secondary N) is 3. The maximum absolute atomic E-state index is 12.7. The van der Waals surface area contributed by atoms with Gasteiger partial charge in [0.25, 0.3) is 5.91 Å². The lowest BCUT2D eigenvalue weighted by molar-refractivity contribution is -0.115. The van der Waals surface area contributed by atoms with Crippen molar-refractivity contribution in [2.75, 3.05) is 12.8 Å². The molecule has 0 spiro atoms. The van der Waals surface area contributed by atoms with Crippen molar-refractivity contribution in [3.63, 3.8) is 0 Å². The minimum atomic E-state index is -0.419. The summed E-state index contributed by atoms with van der Waals surface area (Å²) < 4.78 is 0. The van der Waals surface area contributed by atoms with Crippen LogP contribution in [0.25, 0.3) is 5.57 Å². The molecule has 3 rings (SSSR count). The summed E-state index contributed by atoms with van der Waals surface area (Å²) in [4.78, 5) is 15.1. The maximum Gasteiger partial charge on any atom is 0.270 e. The zero-order valence-electron chi connectivity index (χ0n) is 16.7. The van der Waals surface area contributed by atoms with Crippen LogP contribution in [0, 0.1) is 10.8 Å². The first-order valence-corrected chi connectivity index (χ1v) is 9.68. The van der Waals surface area contributed by atoms with Gasteiger partial charge in [-0.05, 0) is 57.4 Å². The van der Waals surface area contributed by atoms with Gasteiger partial charge in [0.15, 0.2) is 0 Å². The van der Waals surface area contributed by atoms with E-state index >= 15 is 0 Å². The molecule has 1 aromatic carbocycles. The second-order valence-corrected chi connectivity index (χ2v) is 7.99. The van der Waals surface area contributed by atoms with E-state index < -0.39 is 5.91 Å². The lowest BCUT2D eigenvalue weighted by Crippen LogP contribution is -2.50. The summed E-state index contributed by atoms with van der Waals surface area (Å²) in [5, 5.41) is 27.2. The standard InChI is InChI=1S/C21H29N5O2/c1-11(22)19(12(2)27)13-4-7-18(23)17(8-13)20(24)21(28)25-14-9-15-5-6-16(10-14)26(15)3/h4,7-8,14-16,22,24,27H,5-6,9-10,23H2,1-3H3,(H,25,28)/p+1/b19-12+,22-11?,24-20?. The highest BCUT2D eigenvalue weighted by Crippen LogP contribution is 2.34. The fourth-order valence-electron chi connectivity index (χ4n) is 4.55. The summed E-state index contributed by atoms with van der Waals surface area (Å²) in [5.74, 6) is -0.154. The van der Waals surface area contributed by atoms with Crippen LogP contribution in [0.1, 0.15) is 50.7 Å². The van der Waals surface area contributed by atoms with Gasteiger partial charge >= 0.3 is 0 Å². The number of piperidine rings is 1. The van der Waals surface area contributed by atoms with Gasteiger partial charge in [-0.15, -0.1) is 0 Å². The first-order valence-electron chi connectivity index (χ1n) is 9.68. The van der Waals surface area contributed by atoms with E-state index in [1.54, 1.807) is 32.0 Å². The molecule has 1 amide bonds. The molecule has 2 fully saturated rings. The largest absolute Gasteiger partial charge is 0.596 e. The van der Waals surface area contributed by atoms with E-state index in [2.05, 4.69) is 17.3 Å². The molecular formula is C21H30N5O2+. The number of carbonyl (C=O) groups excluding carboxylic acids is 1. The molecule has 7 nitrogen and oxygen atoms in total. The van der Waals surface area contributed by atoms with Crippen molar-refractivity contribution in [1.82, 2.24) is 10.2 Å². The molecule has 1 aromatic rings. The van der Waals surface area contributed by atoms with Gasteiger partial charge in [0.05, 0.1) is 5.57 Å². The molecule has 2 atom stereocenters. The minimum absolute atomic E-state index is 0.0840. The number of allylic oxidation sites excluding steroid dienone is 2. The van der Waals surface area contributed by atoms with Crippen molar-refractivity contribution in [3.05, 3.63) is 35.1 Å². The molecule has 28 heavy (non-hydrogen) atoms. The van der Waals surface area contributed by atoms with Gasteiger partial charge in [-0.2, -0.15) is 0 Å². The van der Waals surface area contributed by atoms with Crippen LogP contribution in [0.5, 0.6) is 0 Å². The quantitative estimate of drug-likeness (QED) is 0.268. The number of hydrogen-bond donors (Lipinski definition) is 4. The van der Waals surface area contributed by atoms with E-state index in [-0.39, 0.29) is 23.2 Å². The van der Waals surface area contributed by atoms with Gasteiger partial charge < -0.3 is 26.5 Å². The number of nitrogens with zero attached hydrogens (tertiary/aromatic N) is 1. The van der Waals surface area contributed by atoms with E-state index in [1.807, 2.05) is 0 Å². The summed E-state index contributed by atoms with van der Waals surface area (Å²) in [6, 6.07) is 6.10. The highest BCUT2D eigenvalue weighted by Gasteiger charge is 2.39. The molecular weight excluding hydrogens is 354 g/mol. The molecule has 0 radical (unpaired) electrons. The SMILES string of the molecule is CC(=N)/C(=C(/C)[OH2+])c1ccc(N)c(C(=N)C(=O)NC2CC3CCC(C2)N3C)c1. The third kappa shape index (κ3) is 3.80. The molecule has 7 heteroatoms. The Morgan fingerprint density at radius 2 is 1.82 bits per heavy atom. The number of benzene rings is 1. The van der Waals surface area contributed by atoms with Crippen molar-refractivity contribution in [2.24, 2.45) is 0 Å². The highest BCUT2D eigenvalue weighted by molar-refractivity contribution is 6.45. The highest BCUT2D eigenvalue weighted by atomic mass is 16.3. The Morgan fingerprint density at radius 1 is 1.21 bits per heavy atom. The summed E-state index contributed by atoms with van der Waals surface area (Å²) in [6.45, 7) is 3.24. The molecule has 2 aliphatic rings. The lowest BCUT2D eigenvalue weighted by Gasteiger charge is -2.36. The van der Waals surface area contributed by atoms with Gasteiger partial charge in [0.2, 0.25) is 5.76 Å².